The van der Waals surface area contributed by atoms with Gasteiger partial charge in [-0.25, -0.2) is 14.6 Å². The summed E-state index contributed by atoms with van der Waals surface area (Å²) in [5, 5.41) is 9.55. The summed E-state index contributed by atoms with van der Waals surface area (Å²) in [6, 6.07) is 8.52. The molecule has 1 aromatic carbocycles. The molecular weight excluding hydrogens is 332 g/mol. The van der Waals surface area contributed by atoms with Gasteiger partial charge in [-0.2, -0.15) is 5.10 Å². The number of amides is 2. The molecule has 0 saturated heterocycles. The van der Waals surface area contributed by atoms with Crippen molar-refractivity contribution in [1.29, 1.82) is 0 Å². The predicted octanol–water partition coefficient (Wildman–Crippen LogP) is 1.97. The number of pyridine rings is 1. The van der Waals surface area contributed by atoms with Crippen LogP contribution in [0.3, 0.4) is 0 Å². The zero-order valence-corrected chi connectivity index (χ0v) is 14.4. The van der Waals surface area contributed by atoms with Crippen molar-refractivity contribution >= 4 is 17.5 Å². The molecule has 2 heterocycles. The number of carbonyl (C=O) groups excluding carboxylic acids is 2. The molecule has 26 heavy (non-hydrogen) atoms. The van der Waals surface area contributed by atoms with Crippen LogP contribution < -0.4 is 10.6 Å². The highest BCUT2D eigenvalue weighted by Gasteiger charge is 2.12. The van der Waals surface area contributed by atoms with Crippen LogP contribution in [0, 0.1) is 6.92 Å². The summed E-state index contributed by atoms with van der Waals surface area (Å²) in [7, 11) is 0. The predicted molar refractivity (Wildman–Crippen MR) is 96.3 cm³/mol. The molecule has 0 aliphatic carbocycles. The van der Waals surface area contributed by atoms with E-state index in [1.807, 2.05) is 13.8 Å². The molecule has 132 valence electrons. The Morgan fingerprint density at radius 1 is 1.12 bits per heavy atom. The summed E-state index contributed by atoms with van der Waals surface area (Å²) in [6.45, 7) is 4.26. The highest BCUT2D eigenvalue weighted by molar-refractivity contribution is 6.05. The van der Waals surface area contributed by atoms with Gasteiger partial charge >= 0.3 is 0 Å². The number of hydrogen-bond donors (Lipinski definition) is 2. The van der Waals surface area contributed by atoms with Crippen molar-refractivity contribution in [2.24, 2.45) is 0 Å². The number of aryl methyl sites for hydroxylation is 1. The van der Waals surface area contributed by atoms with Crippen molar-refractivity contribution in [3.63, 3.8) is 0 Å². The summed E-state index contributed by atoms with van der Waals surface area (Å²) in [6.07, 6.45) is 4.40. The van der Waals surface area contributed by atoms with Crippen molar-refractivity contribution in [2.75, 3.05) is 11.9 Å². The highest BCUT2D eigenvalue weighted by Crippen LogP contribution is 2.18. The first-order valence-corrected chi connectivity index (χ1v) is 8.09. The summed E-state index contributed by atoms with van der Waals surface area (Å²) < 4.78 is 1.50. The van der Waals surface area contributed by atoms with Gasteiger partial charge in [0.05, 0.1) is 5.56 Å². The fourth-order valence-electron chi connectivity index (χ4n) is 2.34. The van der Waals surface area contributed by atoms with E-state index in [0.29, 0.717) is 29.2 Å². The Morgan fingerprint density at radius 2 is 1.92 bits per heavy atom. The first-order chi connectivity index (χ1) is 12.6. The Balaban J connectivity index is 1.77. The van der Waals surface area contributed by atoms with E-state index in [-0.39, 0.29) is 11.8 Å². The second-order valence-electron chi connectivity index (χ2n) is 5.59. The number of aromatic nitrogens is 4. The van der Waals surface area contributed by atoms with E-state index < -0.39 is 0 Å². The maximum absolute atomic E-state index is 12.5. The molecule has 0 radical (unpaired) electrons. The van der Waals surface area contributed by atoms with Crippen LogP contribution in [0.15, 0.2) is 49.2 Å². The summed E-state index contributed by atoms with van der Waals surface area (Å²) in [5.74, 6) is 0.0779. The van der Waals surface area contributed by atoms with Gasteiger partial charge in [0.15, 0.2) is 5.82 Å². The Hall–Kier alpha value is -3.55. The largest absolute Gasteiger partial charge is 0.352 e. The third-order valence-corrected chi connectivity index (χ3v) is 3.75. The molecular formula is C18H18N6O2. The van der Waals surface area contributed by atoms with Crippen molar-refractivity contribution in [1.82, 2.24) is 25.1 Å². The third kappa shape index (κ3) is 3.75. The van der Waals surface area contributed by atoms with Crippen LogP contribution in [-0.2, 0) is 0 Å². The number of benzene rings is 1. The SMILES string of the molecule is CCNC(=O)c1ccc(C)c(NC(=O)c2ccc(-n3cncn3)nc2)c1. The maximum atomic E-state index is 12.5. The number of hydrogen-bond acceptors (Lipinski definition) is 5. The normalized spacial score (nSPS) is 10.4. The highest BCUT2D eigenvalue weighted by atomic mass is 16.2. The molecule has 3 rings (SSSR count). The van der Waals surface area contributed by atoms with E-state index in [9.17, 15) is 9.59 Å². The number of rotatable bonds is 5. The Labute approximate surface area is 150 Å². The zero-order chi connectivity index (χ0) is 18.5. The minimum Gasteiger partial charge on any atom is -0.352 e. The molecule has 0 aliphatic heterocycles. The summed E-state index contributed by atoms with van der Waals surface area (Å²) in [4.78, 5) is 32.5. The van der Waals surface area contributed by atoms with Gasteiger partial charge in [-0.05, 0) is 43.7 Å². The third-order valence-electron chi connectivity index (χ3n) is 3.75. The van der Waals surface area contributed by atoms with Crippen LogP contribution in [0.5, 0.6) is 0 Å². The minimum atomic E-state index is -0.307. The number of nitrogens with zero attached hydrogens (tertiary/aromatic N) is 4. The quantitative estimate of drug-likeness (QED) is 0.732. The van der Waals surface area contributed by atoms with E-state index in [1.54, 1.807) is 30.3 Å². The van der Waals surface area contributed by atoms with Crippen molar-refractivity contribution < 1.29 is 9.59 Å². The molecule has 0 atom stereocenters. The average molecular weight is 350 g/mol. The first kappa shape index (κ1) is 17.3. The van der Waals surface area contributed by atoms with Crippen LogP contribution in [0.1, 0.15) is 33.2 Å². The van der Waals surface area contributed by atoms with Gasteiger partial charge in [0.1, 0.15) is 12.7 Å². The van der Waals surface area contributed by atoms with Gasteiger partial charge in [0.25, 0.3) is 11.8 Å². The van der Waals surface area contributed by atoms with E-state index in [0.717, 1.165) is 5.56 Å². The van der Waals surface area contributed by atoms with E-state index >= 15 is 0 Å². The van der Waals surface area contributed by atoms with Gasteiger partial charge in [0.2, 0.25) is 0 Å². The molecule has 2 N–H and O–H groups in total. The number of anilines is 1. The smallest absolute Gasteiger partial charge is 0.257 e. The maximum Gasteiger partial charge on any atom is 0.257 e. The summed E-state index contributed by atoms with van der Waals surface area (Å²) >= 11 is 0. The van der Waals surface area contributed by atoms with Crippen LogP contribution in [0.4, 0.5) is 5.69 Å². The van der Waals surface area contributed by atoms with E-state index in [2.05, 4.69) is 25.7 Å². The topological polar surface area (TPSA) is 102 Å². The second kappa shape index (κ2) is 7.56. The molecule has 0 spiro atoms. The van der Waals surface area contributed by atoms with Crippen molar-refractivity contribution in [3.05, 3.63) is 65.9 Å². The fourth-order valence-corrected chi connectivity index (χ4v) is 2.34. The van der Waals surface area contributed by atoms with Crippen molar-refractivity contribution in [3.8, 4) is 5.82 Å². The summed E-state index contributed by atoms with van der Waals surface area (Å²) in [5.41, 5.74) is 2.33. The lowest BCUT2D eigenvalue weighted by Crippen LogP contribution is -2.23. The van der Waals surface area contributed by atoms with Crippen molar-refractivity contribution in [2.45, 2.75) is 13.8 Å². The first-order valence-electron chi connectivity index (χ1n) is 8.09. The van der Waals surface area contributed by atoms with Gasteiger partial charge in [-0.15, -0.1) is 0 Å². The lowest BCUT2D eigenvalue weighted by molar-refractivity contribution is 0.0954. The Morgan fingerprint density at radius 3 is 2.58 bits per heavy atom. The molecule has 0 aliphatic rings. The monoisotopic (exact) mass is 350 g/mol. The Bertz CT molecular complexity index is 919. The molecule has 0 bridgehead atoms. The van der Waals surface area contributed by atoms with Gasteiger partial charge in [-0.3, -0.25) is 9.59 Å². The van der Waals surface area contributed by atoms with Crippen LogP contribution in [0.2, 0.25) is 0 Å². The fraction of sp³-hybridized carbons (Fsp3) is 0.167. The lowest BCUT2D eigenvalue weighted by Gasteiger charge is -2.11. The van der Waals surface area contributed by atoms with Gasteiger partial charge in [0, 0.05) is 24.0 Å². The Kier molecular flexibility index (Phi) is 5.02. The standard InChI is InChI=1S/C18H18N6O2/c1-3-20-17(25)13-5-4-12(2)15(8-13)23-18(26)14-6-7-16(21-9-14)24-11-19-10-22-24/h4-11H,3H2,1-2H3,(H,20,25)(H,23,26). The lowest BCUT2D eigenvalue weighted by atomic mass is 10.1. The molecule has 0 fully saturated rings. The van der Waals surface area contributed by atoms with Gasteiger partial charge < -0.3 is 10.6 Å². The van der Waals surface area contributed by atoms with Crippen LogP contribution in [0.25, 0.3) is 5.82 Å². The van der Waals surface area contributed by atoms with Gasteiger partial charge in [-0.1, -0.05) is 6.07 Å². The molecule has 2 aromatic heterocycles. The molecule has 8 nitrogen and oxygen atoms in total. The molecule has 2 amide bonds. The van der Waals surface area contributed by atoms with E-state index in [4.69, 9.17) is 0 Å². The van der Waals surface area contributed by atoms with Crippen LogP contribution in [-0.4, -0.2) is 38.1 Å². The zero-order valence-electron chi connectivity index (χ0n) is 14.4. The molecule has 8 heteroatoms. The second-order valence-corrected chi connectivity index (χ2v) is 5.59. The molecule has 3 aromatic rings. The molecule has 0 saturated carbocycles. The molecule has 0 unspecified atom stereocenters. The van der Waals surface area contributed by atoms with E-state index in [1.165, 1.54) is 23.5 Å². The average Bonchev–Trinajstić information content (AvgIpc) is 3.18. The number of nitrogens with one attached hydrogen (secondary N) is 2. The van der Waals surface area contributed by atoms with Crippen LogP contribution >= 0.6 is 0 Å². The number of carbonyl (C=O) groups is 2. The minimum absolute atomic E-state index is 0.179.